The molecule has 0 amide bonds. The summed E-state index contributed by atoms with van der Waals surface area (Å²) in [4.78, 5) is 21.0. The Morgan fingerprint density at radius 1 is 1.15 bits per heavy atom. The van der Waals surface area contributed by atoms with E-state index < -0.39 is 59.7 Å². The lowest BCUT2D eigenvalue weighted by molar-refractivity contribution is -0.528. The molecule has 2 aliphatic rings. The van der Waals surface area contributed by atoms with Crippen molar-refractivity contribution >= 4 is 6.16 Å². The number of aliphatic hydroxyl groups is 1. The maximum atomic E-state index is 12.1. The fourth-order valence-electron chi connectivity index (χ4n) is 2.92. The average Bonchev–Trinajstić information content (AvgIpc) is 3.07. The van der Waals surface area contributed by atoms with Crippen LogP contribution in [0.3, 0.4) is 0 Å². The van der Waals surface area contributed by atoms with E-state index in [9.17, 15) is 9.90 Å². The smallest absolute Gasteiger partial charge is 0.428 e. The molecule has 0 radical (unpaired) electrons. The third kappa shape index (κ3) is 6.74. The number of nitrogens with zero attached hydrogens (tertiary/aromatic N) is 2. The number of carbonyl (C=O) groups is 1. The standard InChI is InChI=1S/C13H24N2O12/c1-13(2,3-7(27-15(20)21)4-24-14(18)19)26-12(17)25-9-6-23-10-8(16)5-22-11(9)10/h7-11,16,18-21H,3-6H2,1-2H3/t7?,8-,9-,10-,11-/m1/s1. The number of aliphatic hydroxyl groups excluding tert-OH is 1. The van der Waals surface area contributed by atoms with Crippen LogP contribution in [0.2, 0.25) is 0 Å². The van der Waals surface area contributed by atoms with Crippen LogP contribution in [0.4, 0.5) is 4.79 Å². The summed E-state index contributed by atoms with van der Waals surface area (Å²) in [6.07, 6.45) is -4.99. The third-order valence-corrected chi connectivity index (χ3v) is 3.93. The van der Waals surface area contributed by atoms with E-state index in [1.54, 1.807) is 0 Å². The summed E-state index contributed by atoms with van der Waals surface area (Å²) in [6, 6.07) is 0. The number of hydrogen-bond acceptors (Lipinski definition) is 14. The van der Waals surface area contributed by atoms with Gasteiger partial charge in [0.05, 0.1) is 24.0 Å². The van der Waals surface area contributed by atoms with Crippen molar-refractivity contribution in [2.45, 2.75) is 56.4 Å². The molecule has 0 aromatic heterocycles. The van der Waals surface area contributed by atoms with Crippen LogP contribution in [0, 0.1) is 0 Å². The Bertz CT molecular complexity index is 490. The van der Waals surface area contributed by atoms with Gasteiger partial charge in [-0.2, -0.15) is 0 Å². The van der Waals surface area contributed by atoms with Crippen molar-refractivity contribution in [3.8, 4) is 0 Å². The molecule has 14 nitrogen and oxygen atoms in total. The monoisotopic (exact) mass is 400 g/mol. The van der Waals surface area contributed by atoms with Crippen molar-refractivity contribution in [1.82, 2.24) is 10.8 Å². The van der Waals surface area contributed by atoms with E-state index in [1.807, 2.05) is 0 Å². The molecule has 0 aromatic carbocycles. The van der Waals surface area contributed by atoms with E-state index in [2.05, 4.69) is 9.68 Å². The first-order valence-electron chi connectivity index (χ1n) is 8.04. The molecular weight excluding hydrogens is 376 g/mol. The van der Waals surface area contributed by atoms with Crippen LogP contribution in [-0.2, 0) is 28.6 Å². The Kier molecular flexibility index (Phi) is 7.66. The molecule has 158 valence electrons. The Balaban J connectivity index is 1.84. The highest BCUT2D eigenvalue weighted by Crippen LogP contribution is 2.29. The number of ether oxygens (including phenoxy) is 4. The van der Waals surface area contributed by atoms with Crippen molar-refractivity contribution in [3.63, 3.8) is 0 Å². The van der Waals surface area contributed by atoms with Crippen LogP contribution in [-0.4, -0.2) is 98.8 Å². The van der Waals surface area contributed by atoms with Gasteiger partial charge in [-0.1, -0.05) is 0 Å². The fraction of sp³-hybridized carbons (Fsp3) is 0.923. The van der Waals surface area contributed by atoms with E-state index in [0.29, 0.717) is 0 Å². The highest BCUT2D eigenvalue weighted by atomic mass is 17.1. The predicted molar refractivity (Wildman–Crippen MR) is 77.2 cm³/mol. The molecule has 1 unspecified atom stereocenters. The molecule has 2 rings (SSSR count). The largest absolute Gasteiger partial charge is 0.509 e. The van der Waals surface area contributed by atoms with E-state index in [0.717, 1.165) is 0 Å². The first-order valence-corrected chi connectivity index (χ1v) is 8.04. The molecule has 14 heteroatoms. The maximum Gasteiger partial charge on any atom is 0.509 e. The second kappa shape index (κ2) is 9.35. The van der Waals surface area contributed by atoms with Crippen LogP contribution in [0.15, 0.2) is 0 Å². The summed E-state index contributed by atoms with van der Waals surface area (Å²) < 4.78 is 21.1. The first-order chi connectivity index (χ1) is 12.6. The van der Waals surface area contributed by atoms with E-state index in [4.69, 9.17) is 39.8 Å². The molecule has 5 N–H and O–H groups in total. The van der Waals surface area contributed by atoms with Crippen molar-refractivity contribution in [2.75, 3.05) is 19.8 Å². The molecule has 0 aliphatic carbocycles. The Morgan fingerprint density at radius 3 is 2.44 bits per heavy atom. The molecule has 2 heterocycles. The molecule has 0 saturated carbocycles. The van der Waals surface area contributed by atoms with Crippen LogP contribution < -0.4 is 0 Å². The highest BCUT2D eigenvalue weighted by molar-refractivity contribution is 5.61. The van der Waals surface area contributed by atoms with Gasteiger partial charge in [0.25, 0.3) is 0 Å². The van der Waals surface area contributed by atoms with Gasteiger partial charge < -0.3 is 24.1 Å². The summed E-state index contributed by atoms with van der Waals surface area (Å²) in [7, 11) is 0. The second-order valence-corrected chi connectivity index (χ2v) is 6.66. The zero-order chi connectivity index (χ0) is 20.2. The van der Waals surface area contributed by atoms with Crippen LogP contribution >= 0.6 is 0 Å². The van der Waals surface area contributed by atoms with Crippen LogP contribution in [0.1, 0.15) is 20.3 Å². The van der Waals surface area contributed by atoms with Crippen molar-refractivity contribution < 1.29 is 59.4 Å². The zero-order valence-corrected chi connectivity index (χ0v) is 14.7. The molecule has 2 saturated heterocycles. The predicted octanol–water partition coefficient (Wildman–Crippen LogP) is -0.772. The van der Waals surface area contributed by atoms with Gasteiger partial charge in [0.1, 0.15) is 36.6 Å². The Hall–Kier alpha value is -1.17. The lowest BCUT2D eigenvalue weighted by Crippen LogP contribution is -2.40. The van der Waals surface area contributed by atoms with Crippen LogP contribution in [0.5, 0.6) is 0 Å². The summed E-state index contributed by atoms with van der Waals surface area (Å²) in [5, 5.41) is 43.1. The second-order valence-electron chi connectivity index (χ2n) is 6.66. The molecule has 2 fully saturated rings. The minimum absolute atomic E-state index is 0.0499. The van der Waals surface area contributed by atoms with Crippen molar-refractivity contribution in [3.05, 3.63) is 0 Å². The molecule has 5 atom stereocenters. The van der Waals surface area contributed by atoms with Gasteiger partial charge in [0.2, 0.25) is 0 Å². The summed E-state index contributed by atoms with van der Waals surface area (Å²) in [5.41, 5.74) is -1.23. The number of rotatable bonds is 9. The minimum Gasteiger partial charge on any atom is -0.428 e. The summed E-state index contributed by atoms with van der Waals surface area (Å²) in [6.45, 7) is 2.60. The molecular formula is C13H24N2O12. The Labute approximate surface area is 153 Å². The van der Waals surface area contributed by atoms with Gasteiger partial charge >= 0.3 is 6.16 Å². The van der Waals surface area contributed by atoms with E-state index >= 15 is 0 Å². The van der Waals surface area contributed by atoms with Gasteiger partial charge in [-0.25, -0.2) is 14.5 Å². The van der Waals surface area contributed by atoms with Gasteiger partial charge in [-0.05, 0) is 13.8 Å². The molecule has 0 aromatic rings. The third-order valence-electron chi connectivity index (χ3n) is 3.93. The summed E-state index contributed by atoms with van der Waals surface area (Å²) >= 11 is 0. The first kappa shape index (κ1) is 22.1. The molecule has 0 bridgehead atoms. The SMILES string of the molecule is CC(C)(CC(CON(O)O)ON(O)O)OC(=O)O[C@@H]1CO[C@H]2[C@@H]1OC[C@H]2O. The molecule has 0 spiro atoms. The number of hydrogen-bond donors (Lipinski definition) is 5. The van der Waals surface area contributed by atoms with Gasteiger partial charge in [-0.15, -0.1) is 0 Å². The van der Waals surface area contributed by atoms with Gasteiger partial charge in [0, 0.05) is 6.42 Å². The topological polar surface area (TPSA) is 180 Å². The van der Waals surface area contributed by atoms with Gasteiger partial charge in [0.15, 0.2) is 6.10 Å². The normalized spacial score (nSPS) is 29.2. The maximum absolute atomic E-state index is 12.1. The van der Waals surface area contributed by atoms with E-state index in [-0.39, 0.29) is 19.6 Å². The molecule has 27 heavy (non-hydrogen) atoms. The zero-order valence-electron chi connectivity index (χ0n) is 14.7. The fourth-order valence-corrected chi connectivity index (χ4v) is 2.92. The van der Waals surface area contributed by atoms with Crippen LogP contribution in [0.25, 0.3) is 0 Å². The number of carbonyl (C=O) groups excluding carboxylic acids is 1. The average molecular weight is 400 g/mol. The Morgan fingerprint density at radius 2 is 1.81 bits per heavy atom. The van der Waals surface area contributed by atoms with E-state index in [1.165, 1.54) is 13.8 Å². The minimum atomic E-state index is -1.23. The lowest BCUT2D eigenvalue weighted by atomic mass is 10.0. The number of fused-ring (bicyclic) bond motifs is 1. The quantitative estimate of drug-likeness (QED) is 0.240. The van der Waals surface area contributed by atoms with Gasteiger partial charge in [-0.3, -0.25) is 20.8 Å². The molecule has 2 aliphatic heterocycles. The highest BCUT2D eigenvalue weighted by Gasteiger charge is 2.49. The van der Waals surface area contributed by atoms with Crippen molar-refractivity contribution in [2.24, 2.45) is 0 Å². The summed E-state index contributed by atoms with van der Waals surface area (Å²) in [5.74, 6) is 0. The van der Waals surface area contributed by atoms with Crippen molar-refractivity contribution in [1.29, 1.82) is 0 Å². The lowest BCUT2D eigenvalue weighted by Gasteiger charge is -2.29.